The van der Waals surface area contributed by atoms with Gasteiger partial charge in [0, 0.05) is 18.0 Å². The second-order valence-electron chi connectivity index (χ2n) is 3.44. The van der Waals surface area contributed by atoms with Gasteiger partial charge in [0.25, 0.3) is 5.91 Å². The van der Waals surface area contributed by atoms with Crippen LogP contribution in [-0.2, 0) is 0 Å². The van der Waals surface area contributed by atoms with Crippen LogP contribution in [0, 0.1) is 5.92 Å². The molecule has 1 fully saturated rings. The molecule has 6 heteroatoms. The summed E-state index contributed by atoms with van der Waals surface area (Å²) in [6.07, 6.45) is 2.33. The Hall–Kier alpha value is -1.01. The molecule has 1 aromatic heterocycles. The van der Waals surface area contributed by atoms with Gasteiger partial charge in [0.1, 0.15) is 0 Å². The zero-order valence-corrected chi connectivity index (χ0v) is 8.46. The van der Waals surface area contributed by atoms with Gasteiger partial charge in [-0.05, 0) is 30.3 Å². The maximum absolute atomic E-state index is 11.5. The molecule has 1 aromatic rings. The maximum Gasteiger partial charge on any atom is 0.273 e. The van der Waals surface area contributed by atoms with Crippen LogP contribution in [0.15, 0.2) is 5.38 Å². The van der Waals surface area contributed by atoms with Crippen LogP contribution < -0.4 is 11.1 Å². The van der Waals surface area contributed by atoms with Crippen LogP contribution in [0.25, 0.3) is 0 Å². The third-order valence-electron chi connectivity index (χ3n) is 2.35. The van der Waals surface area contributed by atoms with Crippen molar-refractivity contribution in [3.63, 3.8) is 0 Å². The van der Waals surface area contributed by atoms with Gasteiger partial charge in [-0.15, -0.1) is 5.10 Å². The highest BCUT2D eigenvalue weighted by Gasteiger charge is 2.31. The average molecular weight is 212 g/mol. The Kier molecular flexibility index (Phi) is 2.74. The van der Waals surface area contributed by atoms with Crippen molar-refractivity contribution in [3.05, 3.63) is 11.1 Å². The van der Waals surface area contributed by atoms with E-state index < -0.39 is 0 Å². The second-order valence-corrected chi connectivity index (χ2v) is 4.05. The summed E-state index contributed by atoms with van der Waals surface area (Å²) in [6, 6.07) is 0.101. The first-order valence-electron chi connectivity index (χ1n) is 4.59. The third-order valence-corrected chi connectivity index (χ3v) is 2.86. The Morgan fingerprint density at radius 3 is 3.07 bits per heavy atom. The summed E-state index contributed by atoms with van der Waals surface area (Å²) in [5.41, 5.74) is 5.95. The van der Waals surface area contributed by atoms with Gasteiger partial charge >= 0.3 is 0 Å². The minimum atomic E-state index is -0.166. The number of carbonyl (C=O) groups is 1. The number of hydrogen-bond acceptors (Lipinski definition) is 5. The van der Waals surface area contributed by atoms with E-state index in [4.69, 9.17) is 5.73 Å². The Balaban J connectivity index is 1.92. The number of nitrogens with zero attached hydrogens (tertiary/aromatic N) is 2. The van der Waals surface area contributed by atoms with Crippen LogP contribution in [-0.4, -0.2) is 28.1 Å². The lowest BCUT2D eigenvalue weighted by molar-refractivity contribution is 0.0928. The number of hydrogen-bond donors (Lipinski definition) is 2. The Labute approximate surface area is 85.9 Å². The highest BCUT2D eigenvalue weighted by molar-refractivity contribution is 7.03. The molecule has 1 aliphatic rings. The Bertz CT molecular complexity index is 309. The van der Waals surface area contributed by atoms with Gasteiger partial charge in [-0.3, -0.25) is 4.79 Å². The molecule has 1 atom stereocenters. The predicted molar refractivity (Wildman–Crippen MR) is 52.9 cm³/mol. The van der Waals surface area contributed by atoms with Crippen LogP contribution in [0.1, 0.15) is 23.3 Å². The molecule has 1 saturated carbocycles. The lowest BCUT2D eigenvalue weighted by atomic mass is 10.2. The number of rotatable bonds is 4. The molecule has 1 heterocycles. The Morgan fingerprint density at radius 1 is 1.79 bits per heavy atom. The van der Waals surface area contributed by atoms with Crippen LogP contribution in [0.2, 0.25) is 0 Å². The summed E-state index contributed by atoms with van der Waals surface area (Å²) in [4.78, 5) is 11.5. The standard InChI is InChI=1S/C8H12N4OS/c9-3-6(5-1-2-5)10-8(13)7-4-14-12-11-7/h4-6H,1-3,9H2,(H,10,13). The molecule has 0 saturated heterocycles. The summed E-state index contributed by atoms with van der Waals surface area (Å²) in [5, 5.41) is 8.20. The first kappa shape index (κ1) is 9.54. The monoisotopic (exact) mass is 212 g/mol. The summed E-state index contributed by atoms with van der Waals surface area (Å²) >= 11 is 1.17. The molecule has 5 nitrogen and oxygen atoms in total. The largest absolute Gasteiger partial charge is 0.346 e. The summed E-state index contributed by atoms with van der Waals surface area (Å²) in [6.45, 7) is 0.494. The molecule has 0 radical (unpaired) electrons. The summed E-state index contributed by atoms with van der Waals surface area (Å²) in [5.74, 6) is 0.400. The molecule has 14 heavy (non-hydrogen) atoms. The molecule has 0 aromatic carbocycles. The molecule has 0 bridgehead atoms. The molecule has 0 spiro atoms. The van der Waals surface area contributed by atoms with E-state index in [0.29, 0.717) is 18.2 Å². The molecule has 3 N–H and O–H groups in total. The van der Waals surface area contributed by atoms with E-state index in [0.717, 1.165) is 12.8 Å². The maximum atomic E-state index is 11.5. The number of amides is 1. The van der Waals surface area contributed by atoms with Crippen molar-refractivity contribution in [2.24, 2.45) is 11.7 Å². The van der Waals surface area contributed by atoms with E-state index in [9.17, 15) is 4.79 Å². The van der Waals surface area contributed by atoms with Crippen molar-refractivity contribution in [2.75, 3.05) is 6.54 Å². The lowest BCUT2D eigenvalue weighted by Gasteiger charge is -2.14. The number of nitrogens with two attached hydrogens (primary N) is 1. The molecular weight excluding hydrogens is 200 g/mol. The Morgan fingerprint density at radius 2 is 2.57 bits per heavy atom. The zero-order chi connectivity index (χ0) is 9.97. The summed E-state index contributed by atoms with van der Waals surface area (Å²) < 4.78 is 3.64. The minimum Gasteiger partial charge on any atom is -0.346 e. The fourth-order valence-electron chi connectivity index (χ4n) is 1.37. The lowest BCUT2D eigenvalue weighted by Crippen LogP contribution is -2.41. The first-order chi connectivity index (χ1) is 6.81. The number of aromatic nitrogens is 2. The summed E-state index contributed by atoms with van der Waals surface area (Å²) in [7, 11) is 0. The van der Waals surface area contributed by atoms with Gasteiger partial charge in [-0.1, -0.05) is 4.49 Å². The van der Waals surface area contributed by atoms with Crippen molar-refractivity contribution in [1.82, 2.24) is 14.9 Å². The molecule has 1 unspecified atom stereocenters. The van der Waals surface area contributed by atoms with Gasteiger partial charge in [-0.2, -0.15) is 0 Å². The molecule has 2 rings (SSSR count). The van der Waals surface area contributed by atoms with E-state index in [1.54, 1.807) is 5.38 Å². The SMILES string of the molecule is NCC(NC(=O)c1csnn1)C1CC1. The van der Waals surface area contributed by atoms with Crippen LogP contribution in [0.3, 0.4) is 0 Å². The van der Waals surface area contributed by atoms with Gasteiger partial charge in [0.2, 0.25) is 0 Å². The van der Waals surface area contributed by atoms with Crippen LogP contribution in [0.5, 0.6) is 0 Å². The zero-order valence-electron chi connectivity index (χ0n) is 7.64. The predicted octanol–water partition coefficient (Wildman–Crippen LogP) is 0.00520. The van der Waals surface area contributed by atoms with E-state index in [1.807, 2.05) is 0 Å². The van der Waals surface area contributed by atoms with Crippen LogP contribution >= 0.6 is 11.5 Å². The third kappa shape index (κ3) is 2.08. The molecule has 1 aliphatic carbocycles. The highest BCUT2D eigenvalue weighted by atomic mass is 32.1. The van der Waals surface area contributed by atoms with Crippen molar-refractivity contribution >= 4 is 17.4 Å². The van der Waals surface area contributed by atoms with E-state index >= 15 is 0 Å². The number of nitrogens with one attached hydrogen (secondary N) is 1. The van der Waals surface area contributed by atoms with E-state index in [1.165, 1.54) is 11.5 Å². The van der Waals surface area contributed by atoms with Crippen LogP contribution in [0.4, 0.5) is 0 Å². The molecule has 1 amide bonds. The topological polar surface area (TPSA) is 80.9 Å². The minimum absolute atomic E-state index is 0.101. The highest BCUT2D eigenvalue weighted by Crippen LogP contribution is 2.32. The first-order valence-corrected chi connectivity index (χ1v) is 5.43. The van der Waals surface area contributed by atoms with Gasteiger partial charge in [0.05, 0.1) is 0 Å². The van der Waals surface area contributed by atoms with Crippen molar-refractivity contribution < 1.29 is 4.79 Å². The van der Waals surface area contributed by atoms with Crippen molar-refractivity contribution in [2.45, 2.75) is 18.9 Å². The number of carbonyl (C=O) groups excluding carboxylic acids is 1. The fraction of sp³-hybridized carbons (Fsp3) is 0.625. The van der Waals surface area contributed by atoms with Crippen molar-refractivity contribution in [1.29, 1.82) is 0 Å². The molecular formula is C8H12N4OS. The fourth-order valence-corrected chi connectivity index (χ4v) is 1.81. The second kappa shape index (κ2) is 4.02. The van der Waals surface area contributed by atoms with E-state index in [2.05, 4.69) is 14.9 Å². The van der Waals surface area contributed by atoms with Crippen molar-refractivity contribution in [3.8, 4) is 0 Å². The average Bonchev–Trinajstić information content (AvgIpc) is 2.88. The molecule has 76 valence electrons. The van der Waals surface area contributed by atoms with E-state index in [-0.39, 0.29) is 11.9 Å². The van der Waals surface area contributed by atoms with Gasteiger partial charge < -0.3 is 11.1 Å². The normalized spacial score (nSPS) is 17.8. The van der Waals surface area contributed by atoms with Gasteiger partial charge in [0.15, 0.2) is 5.69 Å². The molecule has 0 aliphatic heterocycles. The van der Waals surface area contributed by atoms with Gasteiger partial charge in [-0.25, -0.2) is 0 Å². The smallest absolute Gasteiger partial charge is 0.273 e. The quantitative estimate of drug-likeness (QED) is 0.736.